The van der Waals surface area contributed by atoms with Crippen molar-refractivity contribution in [3.8, 4) is 0 Å². The van der Waals surface area contributed by atoms with Crippen LogP contribution in [0.15, 0.2) is 41.2 Å². The van der Waals surface area contributed by atoms with Crippen LogP contribution in [0.5, 0.6) is 0 Å². The largest absolute Gasteiger partial charge is 0.320 e. The highest BCUT2D eigenvalue weighted by Crippen LogP contribution is 2.18. The standard InChI is InChI=1S/C17H21FN2O/c1-11(2)10-20-12(3)4-9-15(17(20)21)16(19)13-5-7-14(18)8-6-13/h4-9,11,16H,10,19H2,1-3H3. The van der Waals surface area contributed by atoms with Crippen LogP contribution in [0.25, 0.3) is 0 Å². The molecule has 0 amide bonds. The second-order valence-corrected chi connectivity index (χ2v) is 5.77. The second kappa shape index (κ2) is 6.22. The van der Waals surface area contributed by atoms with E-state index in [0.717, 1.165) is 11.3 Å². The molecule has 0 aliphatic rings. The first-order chi connectivity index (χ1) is 9.90. The van der Waals surface area contributed by atoms with Gasteiger partial charge in [0, 0.05) is 17.8 Å². The van der Waals surface area contributed by atoms with E-state index in [-0.39, 0.29) is 11.4 Å². The minimum absolute atomic E-state index is 0.0690. The van der Waals surface area contributed by atoms with Gasteiger partial charge in [0.2, 0.25) is 0 Å². The lowest BCUT2D eigenvalue weighted by Crippen LogP contribution is -2.31. The summed E-state index contributed by atoms with van der Waals surface area (Å²) < 4.78 is 14.7. The average molecular weight is 288 g/mol. The number of halogens is 1. The fraction of sp³-hybridized carbons (Fsp3) is 0.353. The summed E-state index contributed by atoms with van der Waals surface area (Å²) in [5.41, 5.74) is 8.30. The molecule has 2 N–H and O–H groups in total. The van der Waals surface area contributed by atoms with Gasteiger partial charge in [-0.05, 0) is 42.7 Å². The Morgan fingerprint density at radius 3 is 2.33 bits per heavy atom. The molecule has 112 valence electrons. The number of hydrogen-bond acceptors (Lipinski definition) is 2. The van der Waals surface area contributed by atoms with Crippen LogP contribution in [0.4, 0.5) is 4.39 Å². The third-order valence-corrected chi connectivity index (χ3v) is 3.53. The van der Waals surface area contributed by atoms with Crippen LogP contribution in [0, 0.1) is 18.7 Å². The molecule has 0 aliphatic heterocycles. The summed E-state index contributed by atoms with van der Waals surface area (Å²) in [6, 6.07) is 9.08. The van der Waals surface area contributed by atoms with Crippen molar-refractivity contribution in [3.05, 3.63) is 69.4 Å². The Labute approximate surface area is 124 Å². The van der Waals surface area contributed by atoms with Gasteiger partial charge in [0.05, 0.1) is 6.04 Å². The van der Waals surface area contributed by atoms with E-state index in [1.165, 1.54) is 12.1 Å². The molecule has 1 atom stereocenters. The summed E-state index contributed by atoms with van der Waals surface area (Å²) in [5.74, 6) is 0.0609. The van der Waals surface area contributed by atoms with Gasteiger partial charge in [0.15, 0.2) is 0 Å². The fourth-order valence-electron chi connectivity index (χ4n) is 2.37. The average Bonchev–Trinajstić information content (AvgIpc) is 2.43. The van der Waals surface area contributed by atoms with Gasteiger partial charge < -0.3 is 10.3 Å². The minimum Gasteiger partial charge on any atom is -0.320 e. The Kier molecular flexibility index (Phi) is 4.58. The zero-order valence-corrected chi connectivity index (χ0v) is 12.6. The SMILES string of the molecule is Cc1ccc(C(N)c2ccc(F)cc2)c(=O)n1CC(C)C. The van der Waals surface area contributed by atoms with Gasteiger partial charge in [-0.1, -0.05) is 26.0 Å². The van der Waals surface area contributed by atoms with E-state index in [9.17, 15) is 9.18 Å². The number of nitrogens with two attached hydrogens (primary N) is 1. The first-order valence-electron chi connectivity index (χ1n) is 7.11. The number of aryl methyl sites for hydroxylation is 1. The number of benzene rings is 1. The van der Waals surface area contributed by atoms with Crippen LogP contribution in [-0.4, -0.2) is 4.57 Å². The van der Waals surface area contributed by atoms with Crippen molar-refractivity contribution in [1.29, 1.82) is 0 Å². The van der Waals surface area contributed by atoms with E-state index >= 15 is 0 Å². The van der Waals surface area contributed by atoms with E-state index in [4.69, 9.17) is 5.73 Å². The lowest BCUT2D eigenvalue weighted by atomic mass is 10.0. The molecular formula is C17H21FN2O. The van der Waals surface area contributed by atoms with Gasteiger partial charge in [0.25, 0.3) is 5.56 Å². The van der Waals surface area contributed by atoms with Crippen LogP contribution in [-0.2, 0) is 6.54 Å². The molecule has 2 aromatic rings. The van der Waals surface area contributed by atoms with Gasteiger partial charge in [-0.15, -0.1) is 0 Å². The normalized spacial score (nSPS) is 12.7. The molecule has 1 unspecified atom stereocenters. The van der Waals surface area contributed by atoms with Crippen molar-refractivity contribution in [3.63, 3.8) is 0 Å². The molecule has 1 aromatic carbocycles. The van der Waals surface area contributed by atoms with Crippen molar-refractivity contribution < 1.29 is 4.39 Å². The molecule has 0 aliphatic carbocycles. The molecule has 4 heteroatoms. The van der Waals surface area contributed by atoms with Crippen molar-refractivity contribution in [2.75, 3.05) is 0 Å². The maximum Gasteiger partial charge on any atom is 0.255 e. The molecule has 0 saturated carbocycles. The smallest absolute Gasteiger partial charge is 0.255 e. The number of hydrogen-bond donors (Lipinski definition) is 1. The molecule has 0 bridgehead atoms. The molecule has 2 rings (SSSR count). The molecular weight excluding hydrogens is 267 g/mol. The van der Waals surface area contributed by atoms with Gasteiger partial charge in [-0.3, -0.25) is 4.79 Å². The Bertz CT molecular complexity index is 674. The van der Waals surface area contributed by atoms with Crippen molar-refractivity contribution in [2.45, 2.75) is 33.4 Å². The van der Waals surface area contributed by atoms with Crippen LogP contribution in [0.1, 0.15) is 36.7 Å². The van der Waals surface area contributed by atoms with Gasteiger partial charge >= 0.3 is 0 Å². The highest BCUT2D eigenvalue weighted by molar-refractivity contribution is 5.31. The Hall–Kier alpha value is -1.94. The predicted molar refractivity (Wildman–Crippen MR) is 82.7 cm³/mol. The van der Waals surface area contributed by atoms with E-state index in [0.29, 0.717) is 18.0 Å². The van der Waals surface area contributed by atoms with Gasteiger partial charge in [-0.25, -0.2) is 4.39 Å². The van der Waals surface area contributed by atoms with E-state index in [1.54, 1.807) is 22.8 Å². The predicted octanol–water partition coefficient (Wildman–Crippen LogP) is 3.00. The zero-order chi connectivity index (χ0) is 15.6. The third-order valence-electron chi connectivity index (χ3n) is 3.53. The summed E-state index contributed by atoms with van der Waals surface area (Å²) in [7, 11) is 0. The summed E-state index contributed by atoms with van der Waals surface area (Å²) in [4.78, 5) is 12.6. The first-order valence-corrected chi connectivity index (χ1v) is 7.11. The second-order valence-electron chi connectivity index (χ2n) is 5.77. The summed E-state index contributed by atoms with van der Waals surface area (Å²) in [5, 5.41) is 0. The van der Waals surface area contributed by atoms with Crippen LogP contribution in [0.3, 0.4) is 0 Å². The summed E-state index contributed by atoms with van der Waals surface area (Å²) in [6.07, 6.45) is 0. The molecule has 3 nitrogen and oxygen atoms in total. The molecule has 0 saturated heterocycles. The first kappa shape index (κ1) is 15.4. The summed E-state index contributed by atoms with van der Waals surface area (Å²) in [6.45, 7) is 6.71. The number of rotatable bonds is 4. The van der Waals surface area contributed by atoms with E-state index < -0.39 is 6.04 Å². The Balaban J connectivity index is 2.44. The van der Waals surface area contributed by atoms with Gasteiger partial charge in [0.1, 0.15) is 5.82 Å². The fourth-order valence-corrected chi connectivity index (χ4v) is 2.37. The van der Waals surface area contributed by atoms with Crippen LogP contribution < -0.4 is 11.3 Å². The van der Waals surface area contributed by atoms with E-state index in [1.807, 2.05) is 13.0 Å². The number of nitrogens with zero attached hydrogens (tertiary/aromatic N) is 1. The number of pyridine rings is 1. The van der Waals surface area contributed by atoms with Crippen molar-refractivity contribution in [1.82, 2.24) is 4.57 Å². The maximum absolute atomic E-state index is 13.0. The molecule has 0 spiro atoms. The molecule has 21 heavy (non-hydrogen) atoms. The summed E-state index contributed by atoms with van der Waals surface area (Å²) >= 11 is 0. The van der Waals surface area contributed by atoms with Crippen molar-refractivity contribution in [2.24, 2.45) is 11.7 Å². The highest BCUT2D eigenvalue weighted by atomic mass is 19.1. The third kappa shape index (κ3) is 3.39. The van der Waals surface area contributed by atoms with Crippen LogP contribution >= 0.6 is 0 Å². The van der Waals surface area contributed by atoms with Gasteiger partial charge in [-0.2, -0.15) is 0 Å². The lowest BCUT2D eigenvalue weighted by molar-refractivity contribution is 0.498. The topological polar surface area (TPSA) is 48.0 Å². The molecule has 1 heterocycles. The highest BCUT2D eigenvalue weighted by Gasteiger charge is 2.15. The molecule has 1 aromatic heterocycles. The Morgan fingerprint density at radius 2 is 1.76 bits per heavy atom. The van der Waals surface area contributed by atoms with Crippen LogP contribution in [0.2, 0.25) is 0 Å². The molecule has 0 fully saturated rings. The quantitative estimate of drug-likeness (QED) is 0.940. The minimum atomic E-state index is -0.544. The Morgan fingerprint density at radius 1 is 1.14 bits per heavy atom. The zero-order valence-electron chi connectivity index (χ0n) is 12.6. The lowest BCUT2D eigenvalue weighted by Gasteiger charge is -2.17. The monoisotopic (exact) mass is 288 g/mol. The number of aromatic nitrogens is 1. The van der Waals surface area contributed by atoms with E-state index in [2.05, 4.69) is 13.8 Å². The van der Waals surface area contributed by atoms with Crippen molar-refractivity contribution >= 4 is 0 Å². The molecule has 0 radical (unpaired) electrons. The maximum atomic E-state index is 13.0.